The van der Waals surface area contributed by atoms with E-state index in [-0.39, 0.29) is 6.10 Å². The Morgan fingerprint density at radius 1 is 1.07 bits per heavy atom. The molecule has 0 saturated heterocycles. The van der Waals surface area contributed by atoms with Crippen LogP contribution < -0.4 is 4.74 Å². The van der Waals surface area contributed by atoms with Gasteiger partial charge in [0.05, 0.1) is 0 Å². The van der Waals surface area contributed by atoms with Crippen LogP contribution in [0.3, 0.4) is 0 Å². The molecule has 0 spiro atoms. The monoisotopic (exact) mass is 390 g/mol. The molecule has 0 unspecified atom stereocenters. The Bertz CT molecular complexity index is 1260. The number of nitrogens with zero attached hydrogens (tertiary/aromatic N) is 4. The lowest BCUT2D eigenvalue weighted by Gasteiger charge is -2.14. The number of benzene rings is 2. The minimum atomic E-state index is -0.140. The van der Waals surface area contributed by atoms with Crippen molar-refractivity contribution in [3.05, 3.63) is 65.2 Å². The second kappa shape index (κ2) is 6.76. The Balaban J connectivity index is 1.55. The molecule has 1 atom stereocenters. The van der Waals surface area contributed by atoms with Crippen LogP contribution in [-0.4, -0.2) is 19.8 Å². The van der Waals surface area contributed by atoms with E-state index in [4.69, 9.17) is 14.3 Å². The Morgan fingerprint density at radius 3 is 2.64 bits per heavy atom. The Labute approximate surface area is 165 Å². The molecule has 0 amide bonds. The molecule has 0 radical (unpaired) electrons. The van der Waals surface area contributed by atoms with E-state index in [1.54, 1.807) is 4.52 Å². The van der Waals surface area contributed by atoms with Gasteiger partial charge in [-0.1, -0.05) is 54.7 Å². The summed E-state index contributed by atoms with van der Waals surface area (Å²) < 4.78 is 13.9. The molecule has 0 aliphatic heterocycles. The highest BCUT2D eigenvalue weighted by Gasteiger charge is 2.23. The normalized spacial score (nSPS) is 12.6. The van der Waals surface area contributed by atoms with Crippen molar-refractivity contribution in [2.45, 2.75) is 26.4 Å². The Hall–Kier alpha value is -3.19. The molecule has 0 aliphatic rings. The largest absolute Gasteiger partial charge is 0.483 e. The van der Waals surface area contributed by atoms with E-state index in [0.29, 0.717) is 11.6 Å². The third-order valence-corrected chi connectivity index (χ3v) is 5.71. The number of rotatable bonds is 5. The average Bonchev–Trinajstić information content (AvgIpc) is 3.40. The van der Waals surface area contributed by atoms with E-state index in [2.05, 4.69) is 17.1 Å². The predicted molar refractivity (Wildman–Crippen MR) is 109 cm³/mol. The average molecular weight is 390 g/mol. The van der Waals surface area contributed by atoms with Gasteiger partial charge in [-0.05, 0) is 31.5 Å². The molecule has 0 bridgehead atoms. The van der Waals surface area contributed by atoms with Crippen molar-refractivity contribution in [2.75, 3.05) is 0 Å². The lowest BCUT2D eigenvalue weighted by molar-refractivity contribution is 0.199. The number of aryl methyl sites for hydroxylation is 1. The fourth-order valence-corrected chi connectivity index (χ4v) is 4.21. The van der Waals surface area contributed by atoms with Crippen LogP contribution in [0.5, 0.6) is 5.75 Å². The fraction of sp³-hybridized carbons (Fsp3) is 0.190. The first-order chi connectivity index (χ1) is 13.7. The van der Waals surface area contributed by atoms with E-state index in [9.17, 15) is 0 Å². The minimum absolute atomic E-state index is 0.140. The van der Waals surface area contributed by atoms with Gasteiger partial charge in [0.2, 0.25) is 10.8 Å². The maximum absolute atomic E-state index is 6.13. The third kappa shape index (κ3) is 2.75. The summed E-state index contributed by atoms with van der Waals surface area (Å²) in [6.07, 6.45) is 0.663. The van der Waals surface area contributed by atoms with E-state index in [1.165, 1.54) is 11.3 Å². The molecule has 5 aromatic rings. The Kier molecular flexibility index (Phi) is 4.09. The van der Waals surface area contributed by atoms with Gasteiger partial charge in [0.1, 0.15) is 11.3 Å². The van der Waals surface area contributed by atoms with Gasteiger partial charge in [-0.2, -0.15) is 9.61 Å². The van der Waals surface area contributed by atoms with Crippen LogP contribution in [0.1, 0.15) is 30.0 Å². The van der Waals surface area contributed by atoms with Gasteiger partial charge < -0.3 is 9.15 Å². The van der Waals surface area contributed by atoms with E-state index >= 15 is 0 Å². The highest BCUT2D eigenvalue weighted by atomic mass is 32.1. The fourth-order valence-electron chi connectivity index (χ4n) is 3.26. The van der Waals surface area contributed by atoms with Crippen LogP contribution in [0.25, 0.3) is 27.5 Å². The lowest BCUT2D eigenvalue weighted by atomic mass is 10.1. The summed E-state index contributed by atoms with van der Waals surface area (Å²) in [7, 11) is 0. The number of hydrogen-bond donors (Lipinski definition) is 0. The zero-order valence-corrected chi connectivity index (χ0v) is 16.3. The number of aromatic nitrogens is 4. The zero-order valence-electron chi connectivity index (χ0n) is 15.5. The summed E-state index contributed by atoms with van der Waals surface area (Å²) in [5.41, 5.74) is 1.87. The smallest absolute Gasteiger partial charge is 0.235 e. The van der Waals surface area contributed by atoms with Crippen LogP contribution >= 0.6 is 11.3 Å². The molecule has 0 fully saturated rings. The number of furan rings is 1. The summed E-state index contributed by atoms with van der Waals surface area (Å²) in [5, 5.41) is 15.3. The standard InChI is InChI=1S/C21H18N4O2S/c1-3-16(26-14-9-5-4-6-10-14)20-24-25-19(22-23-21(25)28-20)18-13(2)15-11-7-8-12-17(15)27-18/h4-12,16H,3H2,1-2H3/t16-/m1/s1. The van der Waals surface area contributed by atoms with Crippen molar-refractivity contribution < 1.29 is 9.15 Å². The molecule has 3 aromatic heterocycles. The van der Waals surface area contributed by atoms with Crippen LogP contribution in [0.4, 0.5) is 0 Å². The first-order valence-electron chi connectivity index (χ1n) is 9.17. The van der Waals surface area contributed by atoms with Gasteiger partial charge in [-0.15, -0.1) is 10.2 Å². The SMILES string of the molecule is CC[C@@H](Oc1ccccc1)c1nn2c(-c3oc4ccccc4c3C)nnc2s1. The molecule has 6 nitrogen and oxygen atoms in total. The number of ether oxygens (including phenoxy) is 1. The molecule has 140 valence electrons. The predicted octanol–water partition coefficient (Wildman–Crippen LogP) is 5.44. The van der Waals surface area contributed by atoms with Crippen LogP contribution in [0, 0.1) is 6.92 Å². The quantitative estimate of drug-likeness (QED) is 0.400. The molecule has 28 heavy (non-hydrogen) atoms. The molecule has 0 N–H and O–H groups in total. The van der Waals surface area contributed by atoms with Crippen LogP contribution in [0.2, 0.25) is 0 Å². The molecule has 7 heteroatoms. The summed E-state index contributed by atoms with van der Waals surface area (Å²) >= 11 is 1.49. The highest BCUT2D eigenvalue weighted by Crippen LogP contribution is 2.34. The minimum Gasteiger partial charge on any atom is -0.483 e. The van der Waals surface area contributed by atoms with Gasteiger partial charge >= 0.3 is 0 Å². The lowest BCUT2D eigenvalue weighted by Crippen LogP contribution is -2.07. The zero-order chi connectivity index (χ0) is 19.1. The number of fused-ring (bicyclic) bond motifs is 2. The van der Waals surface area contributed by atoms with E-state index in [0.717, 1.165) is 38.7 Å². The van der Waals surface area contributed by atoms with Gasteiger partial charge in [0, 0.05) is 10.9 Å². The number of para-hydroxylation sites is 2. The number of hydrogen-bond acceptors (Lipinski definition) is 6. The van der Waals surface area contributed by atoms with Gasteiger partial charge in [0.15, 0.2) is 16.9 Å². The third-order valence-electron chi connectivity index (χ3n) is 4.72. The maximum Gasteiger partial charge on any atom is 0.235 e. The topological polar surface area (TPSA) is 65.5 Å². The summed E-state index contributed by atoms with van der Waals surface area (Å²) in [4.78, 5) is 0.722. The van der Waals surface area contributed by atoms with Crippen LogP contribution in [-0.2, 0) is 0 Å². The van der Waals surface area contributed by atoms with Crippen LogP contribution in [0.15, 0.2) is 59.0 Å². The first kappa shape index (κ1) is 16.9. The van der Waals surface area contributed by atoms with E-state index in [1.807, 2.05) is 61.5 Å². The summed E-state index contributed by atoms with van der Waals surface area (Å²) in [6.45, 7) is 4.11. The molecule has 2 aromatic carbocycles. The van der Waals surface area contributed by atoms with Crippen molar-refractivity contribution in [3.8, 4) is 17.3 Å². The second-order valence-corrected chi connectivity index (χ2v) is 7.53. The van der Waals surface area contributed by atoms with Gasteiger partial charge in [0.25, 0.3) is 0 Å². The molecular formula is C21H18N4O2S. The molecular weight excluding hydrogens is 372 g/mol. The van der Waals surface area contributed by atoms with Gasteiger partial charge in [-0.25, -0.2) is 0 Å². The summed E-state index contributed by atoms with van der Waals surface area (Å²) in [5.74, 6) is 2.14. The second-order valence-electron chi connectivity index (χ2n) is 6.54. The Morgan fingerprint density at radius 2 is 1.86 bits per heavy atom. The summed E-state index contributed by atoms with van der Waals surface area (Å²) in [6, 6.07) is 17.8. The van der Waals surface area contributed by atoms with Crippen molar-refractivity contribution in [2.24, 2.45) is 0 Å². The molecule has 0 aliphatic carbocycles. The highest BCUT2D eigenvalue weighted by molar-refractivity contribution is 7.16. The van der Waals surface area contributed by atoms with Crippen molar-refractivity contribution >= 4 is 27.3 Å². The molecule has 5 rings (SSSR count). The van der Waals surface area contributed by atoms with Crippen molar-refractivity contribution in [1.82, 2.24) is 19.8 Å². The van der Waals surface area contributed by atoms with Gasteiger partial charge in [-0.3, -0.25) is 0 Å². The first-order valence-corrected chi connectivity index (χ1v) is 9.98. The van der Waals surface area contributed by atoms with E-state index < -0.39 is 0 Å². The molecule has 3 heterocycles. The van der Waals surface area contributed by atoms with Crippen molar-refractivity contribution in [3.63, 3.8) is 0 Å². The van der Waals surface area contributed by atoms with Crippen molar-refractivity contribution in [1.29, 1.82) is 0 Å². The molecule has 0 saturated carbocycles. The maximum atomic E-state index is 6.13.